The maximum atomic E-state index is 14.9. The zero-order valence-corrected chi connectivity index (χ0v) is 17.8. The Kier molecular flexibility index (Phi) is 5.36. The minimum Gasteiger partial charge on any atom is -0.496 e. The molecule has 3 N–H and O–H groups in total. The van der Waals surface area contributed by atoms with Gasteiger partial charge in [-0.3, -0.25) is 9.59 Å². The van der Waals surface area contributed by atoms with Crippen LogP contribution in [0.1, 0.15) is 20.7 Å². The number of aromatic nitrogens is 2. The Morgan fingerprint density at radius 3 is 2.53 bits per heavy atom. The molecule has 2 heterocycles. The van der Waals surface area contributed by atoms with Gasteiger partial charge in [0.15, 0.2) is 0 Å². The fourth-order valence-corrected chi connectivity index (χ4v) is 3.68. The number of rotatable bonds is 5. The number of methoxy groups -OCH3 is 1. The van der Waals surface area contributed by atoms with Crippen molar-refractivity contribution in [3.8, 4) is 28.0 Å². The predicted molar refractivity (Wildman–Crippen MR) is 120 cm³/mol. The lowest BCUT2D eigenvalue weighted by atomic mass is 9.96. The molecule has 0 bridgehead atoms. The average molecular weight is 432 g/mol. The predicted octanol–water partition coefficient (Wildman–Crippen LogP) is 3.85. The maximum Gasteiger partial charge on any atom is 0.254 e. The molecule has 0 spiro atoms. The number of ether oxygens (including phenoxy) is 1. The number of pyridine rings is 1. The van der Waals surface area contributed by atoms with E-state index in [-0.39, 0.29) is 5.56 Å². The molecule has 0 aliphatic carbocycles. The number of hydrogen-bond donors (Lipinski definition) is 2. The van der Waals surface area contributed by atoms with Crippen molar-refractivity contribution < 1.29 is 18.7 Å². The minimum atomic E-state index is -1.00. The standard InChI is InChI=1S/C24H21FN4O3/c1-29(2)24(31)17-8-13(10-19(25)21(17)22(26)30)14-9-16-18(12-28-23(16)27-11-14)15-6-4-5-7-20(15)32-3/h4-12H,1-3H3,(H2,26,30)(H,27,28). The van der Waals surface area contributed by atoms with Crippen molar-refractivity contribution >= 4 is 22.8 Å². The van der Waals surface area contributed by atoms with Crippen molar-refractivity contribution in [2.45, 2.75) is 0 Å². The van der Waals surface area contributed by atoms with Crippen LogP contribution in [0.2, 0.25) is 0 Å². The summed E-state index contributed by atoms with van der Waals surface area (Å²) < 4.78 is 20.3. The minimum absolute atomic E-state index is 0.100. The highest BCUT2D eigenvalue weighted by molar-refractivity contribution is 6.08. The van der Waals surface area contributed by atoms with Gasteiger partial charge in [-0.2, -0.15) is 0 Å². The van der Waals surface area contributed by atoms with Gasteiger partial charge in [-0.1, -0.05) is 18.2 Å². The summed E-state index contributed by atoms with van der Waals surface area (Å²) in [5, 5.41) is 0.798. The van der Waals surface area contributed by atoms with Gasteiger partial charge in [0.25, 0.3) is 11.8 Å². The van der Waals surface area contributed by atoms with Crippen LogP contribution < -0.4 is 10.5 Å². The van der Waals surface area contributed by atoms with Crippen molar-refractivity contribution in [1.29, 1.82) is 0 Å². The van der Waals surface area contributed by atoms with Gasteiger partial charge in [-0.25, -0.2) is 9.37 Å². The second-order valence-corrected chi connectivity index (χ2v) is 7.47. The van der Waals surface area contributed by atoms with Gasteiger partial charge in [0.05, 0.1) is 18.2 Å². The summed E-state index contributed by atoms with van der Waals surface area (Å²) in [4.78, 5) is 33.3. The van der Waals surface area contributed by atoms with Crippen LogP contribution in [0, 0.1) is 5.82 Å². The number of nitrogens with two attached hydrogens (primary N) is 1. The second kappa shape index (κ2) is 8.14. The summed E-state index contributed by atoms with van der Waals surface area (Å²) in [6, 6.07) is 12.1. The topological polar surface area (TPSA) is 101 Å². The molecule has 0 saturated carbocycles. The number of H-pyrrole nitrogens is 1. The van der Waals surface area contributed by atoms with E-state index in [4.69, 9.17) is 10.5 Å². The molecule has 0 aliphatic rings. The normalized spacial score (nSPS) is 10.9. The maximum absolute atomic E-state index is 14.9. The van der Waals surface area contributed by atoms with Gasteiger partial charge in [-0.15, -0.1) is 0 Å². The summed E-state index contributed by atoms with van der Waals surface area (Å²) in [6.07, 6.45) is 3.41. The van der Waals surface area contributed by atoms with E-state index < -0.39 is 23.2 Å². The van der Waals surface area contributed by atoms with Gasteiger partial charge in [0, 0.05) is 48.6 Å². The zero-order valence-electron chi connectivity index (χ0n) is 17.8. The number of aromatic amines is 1. The summed E-state index contributed by atoms with van der Waals surface area (Å²) in [7, 11) is 4.64. The van der Waals surface area contributed by atoms with Crippen LogP contribution >= 0.6 is 0 Å². The number of amides is 2. The lowest BCUT2D eigenvalue weighted by Gasteiger charge is -2.15. The zero-order chi connectivity index (χ0) is 23.0. The number of fused-ring (bicyclic) bond motifs is 1. The Morgan fingerprint density at radius 2 is 1.84 bits per heavy atom. The first-order valence-electron chi connectivity index (χ1n) is 9.77. The highest BCUT2D eigenvalue weighted by atomic mass is 19.1. The number of nitrogens with one attached hydrogen (secondary N) is 1. The molecule has 162 valence electrons. The molecule has 0 aliphatic heterocycles. The van der Waals surface area contributed by atoms with Crippen LogP contribution in [0.4, 0.5) is 4.39 Å². The third kappa shape index (κ3) is 3.56. The van der Waals surface area contributed by atoms with E-state index in [0.29, 0.717) is 22.5 Å². The first-order chi connectivity index (χ1) is 15.3. The molecule has 0 fully saturated rings. The van der Waals surface area contributed by atoms with Crippen molar-refractivity contribution in [3.05, 3.63) is 71.8 Å². The number of nitrogens with zero attached hydrogens (tertiary/aromatic N) is 2. The Bertz CT molecular complexity index is 1360. The first kappa shape index (κ1) is 21.0. The number of primary amides is 1. The highest BCUT2D eigenvalue weighted by Crippen LogP contribution is 2.36. The van der Waals surface area contributed by atoms with Crippen LogP contribution in [-0.2, 0) is 0 Å². The van der Waals surface area contributed by atoms with Crippen LogP contribution in [0.15, 0.2) is 54.9 Å². The molecule has 4 aromatic rings. The molecular weight excluding hydrogens is 411 g/mol. The monoisotopic (exact) mass is 432 g/mol. The molecule has 0 atom stereocenters. The van der Waals surface area contributed by atoms with E-state index in [1.165, 1.54) is 31.1 Å². The number of halogens is 1. The molecule has 7 nitrogen and oxygen atoms in total. The first-order valence-corrected chi connectivity index (χ1v) is 9.77. The number of carbonyl (C=O) groups is 2. The Labute approximate surface area is 183 Å². The lowest BCUT2D eigenvalue weighted by Crippen LogP contribution is -2.26. The SMILES string of the molecule is COc1ccccc1-c1c[nH]c2ncc(-c3cc(F)c(C(N)=O)c(C(=O)N(C)C)c3)cc12. The van der Waals surface area contributed by atoms with Crippen molar-refractivity contribution in [1.82, 2.24) is 14.9 Å². The van der Waals surface area contributed by atoms with E-state index >= 15 is 0 Å². The van der Waals surface area contributed by atoms with Crippen molar-refractivity contribution in [2.75, 3.05) is 21.2 Å². The second-order valence-electron chi connectivity index (χ2n) is 7.47. The summed E-state index contributed by atoms with van der Waals surface area (Å²) in [6.45, 7) is 0. The van der Waals surface area contributed by atoms with Crippen LogP contribution in [-0.4, -0.2) is 47.9 Å². The Hall–Kier alpha value is -4.20. The molecule has 0 radical (unpaired) electrons. The van der Waals surface area contributed by atoms with Gasteiger partial charge in [-0.05, 0) is 29.8 Å². The summed E-state index contributed by atoms with van der Waals surface area (Å²) >= 11 is 0. The summed E-state index contributed by atoms with van der Waals surface area (Å²) in [5.74, 6) is -1.68. The van der Waals surface area contributed by atoms with Crippen molar-refractivity contribution in [2.24, 2.45) is 5.73 Å². The third-order valence-electron chi connectivity index (χ3n) is 5.23. The van der Waals surface area contributed by atoms with Gasteiger partial charge in [0.1, 0.15) is 17.2 Å². The van der Waals surface area contributed by atoms with Gasteiger partial charge in [0.2, 0.25) is 0 Å². The van der Waals surface area contributed by atoms with Gasteiger partial charge < -0.3 is 20.4 Å². The smallest absolute Gasteiger partial charge is 0.254 e. The number of benzene rings is 2. The molecule has 2 aromatic heterocycles. The van der Waals surface area contributed by atoms with E-state index in [1.54, 1.807) is 13.3 Å². The Morgan fingerprint density at radius 1 is 1.09 bits per heavy atom. The number of para-hydroxylation sites is 1. The molecule has 8 heteroatoms. The van der Waals surface area contributed by atoms with E-state index in [2.05, 4.69) is 9.97 Å². The van der Waals surface area contributed by atoms with E-state index in [9.17, 15) is 14.0 Å². The average Bonchev–Trinajstić information content (AvgIpc) is 3.20. The third-order valence-corrected chi connectivity index (χ3v) is 5.23. The van der Waals surface area contributed by atoms with E-state index in [0.717, 1.165) is 16.5 Å². The van der Waals surface area contributed by atoms with Crippen LogP contribution in [0.25, 0.3) is 33.3 Å². The molecule has 2 amide bonds. The van der Waals surface area contributed by atoms with E-state index in [1.807, 2.05) is 36.5 Å². The van der Waals surface area contributed by atoms with Gasteiger partial charge >= 0.3 is 0 Å². The van der Waals surface area contributed by atoms with Crippen molar-refractivity contribution in [3.63, 3.8) is 0 Å². The lowest BCUT2D eigenvalue weighted by molar-refractivity contribution is 0.0819. The van der Waals surface area contributed by atoms with Crippen LogP contribution in [0.5, 0.6) is 5.75 Å². The number of carbonyl (C=O) groups excluding carboxylic acids is 2. The molecule has 2 aromatic carbocycles. The largest absolute Gasteiger partial charge is 0.496 e. The molecule has 32 heavy (non-hydrogen) atoms. The summed E-state index contributed by atoms with van der Waals surface area (Å²) in [5.41, 5.74) is 8.17. The quantitative estimate of drug-likeness (QED) is 0.500. The molecule has 0 saturated heterocycles. The Balaban J connectivity index is 1.91. The fraction of sp³-hybridized carbons (Fsp3) is 0.125. The van der Waals surface area contributed by atoms with Crippen LogP contribution in [0.3, 0.4) is 0 Å². The molecular formula is C24H21FN4O3. The highest BCUT2D eigenvalue weighted by Gasteiger charge is 2.23. The number of hydrogen-bond acceptors (Lipinski definition) is 4. The molecule has 4 rings (SSSR count). The molecule has 0 unspecified atom stereocenters. The fourth-order valence-electron chi connectivity index (χ4n) is 3.68.